The van der Waals surface area contributed by atoms with Crippen molar-refractivity contribution in [1.29, 1.82) is 0 Å². The van der Waals surface area contributed by atoms with Gasteiger partial charge in [-0.1, -0.05) is 44.0 Å². The number of hydrogen-bond donors (Lipinski definition) is 0. The monoisotopic (exact) mass is 419 g/mol. The number of nitrogens with zero attached hydrogens (tertiary/aromatic N) is 3. The van der Waals surface area contributed by atoms with Gasteiger partial charge in [-0.15, -0.1) is 0 Å². The predicted molar refractivity (Wildman–Crippen MR) is 117 cm³/mol. The molecule has 0 aliphatic carbocycles. The zero-order valence-corrected chi connectivity index (χ0v) is 17.5. The number of unbranched alkanes of at least 4 members (excludes halogenated alkanes) is 2. The molecule has 0 bridgehead atoms. The summed E-state index contributed by atoms with van der Waals surface area (Å²) in [5, 5.41) is 11.0. The van der Waals surface area contributed by atoms with Crippen LogP contribution in [0, 0.1) is 10.1 Å². The molecular weight excluding hydrogens is 394 g/mol. The number of rotatable bonds is 7. The molecule has 0 fully saturated rings. The van der Waals surface area contributed by atoms with Gasteiger partial charge in [0, 0.05) is 31.8 Å². The van der Waals surface area contributed by atoms with Crippen LogP contribution in [0.2, 0.25) is 0 Å². The largest absolute Gasteiger partial charge is 0.362 e. The van der Waals surface area contributed by atoms with Crippen molar-refractivity contribution < 1.29 is 14.5 Å². The molecule has 0 N–H and O–H groups in total. The number of carbonyl (C=O) groups excluding carboxylic acids is 2. The number of carbonyl (C=O) groups is 2. The number of fused-ring (bicyclic) bond motifs is 1. The lowest BCUT2D eigenvalue weighted by Crippen LogP contribution is -2.37. The maximum atomic E-state index is 13.4. The van der Waals surface area contributed by atoms with E-state index < -0.39 is 4.92 Å². The second-order valence-electron chi connectivity index (χ2n) is 7.94. The molecule has 0 radical (unpaired) electrons. The fourth-order valence-electron chi connectivity index (χ4n) is 4.28. The summed E-state index contributed by atoms with van der Waals surface area (Å²) in [6.45, 7) is 3.66. The van der Waals surface area contributed by atoms with E-state index in [9.17, 15) is 19.7 Å². The van der Waals surface area contributed by atoms with Gasteiger partial charge in [-0.25, -0.2) is 0 Å². The summed E-state index contributed by atoms with van der Waals surface area (Å²) in [5.74, 6) is -0.586. The molecule has 31 heavy (non-hydrogen) atoms. The molecule has 7 nitrogen and oxygen atoms in total. The van der Waals surface area contributed by atoms with Crippen molar-refractivity contribution in [3.63, 3.8) is 0 Å². The molecule has 2 aliphatic rings. The Morgan fingerprint density at radius 2 is 1.68 bits per heavy atom. The normalized spacial score (nSPS) is 16.2. The van der Waals surface area contributed by atoms with Gasteiger partial charge in [-0.2, -0.15) is 0 Å². The molecule has 160 valence electrons. The first kappa shape index (κ1) is 20.8. The van der Waals surface area contributed by atoms with E-state index in [1.54, 1.807) is 12.1 Å². The lowest BCUT2D eigenvalue weighted by molar-refractivity contribution is -0.384. The van der Waals surface area contributed by atoms with E-state index in [0.29, 0.717) is 36.5 Å². The van der Waals surface area contributed by atoms with Crippen molar-refractivity contribution in [1.82, 2.24) is 9.80 Å². The molecular formula is C24H25N3O4. The number of benzene rings is 2. The van der Waals surface area contributed by atoms with Crippen LogP contribution in [0.1, 0.15) is 42.9 Å². The SMILES string of the molecule is CCCCCN1C(=O)C(c2ccc([N+](=O)[O-])cc2)=C(N2CCc3ccccc3C2)C1=O. The first-order valence-electron chi connectivity index (χ1n) is 10.7. The number of non-ortho nitro benzene ring substituents is 1. The molecule has 2 amide bonds. The topological polar surface area (TPSA) is 83.8 Å². The summed E-state index contributed by atoms with van der Waals surface area (Å²) in [6.07, 6.45) is 3.49. The molecule has 0 unspecified atom stereocenters. The fraction of sp³-hybridized carbons (Fsp3) is 0.333. The molecule has 2 heterocycles. The molecule has 0 spiro atoms. The lowest BCUT2D eigenvalue weighted by Gasteiger charge is -2.31. The van der Waals surface area contributed by atoms with E-state index in [2.05, 4.69) is 13.0 Å². The second kappa shape index (κ2) is 8.71. The van der Waals surface area contributed by atoms with Gasteiger partial charge in [0.25, 0.3) is 17.5 Å². The van der Waals surface area contributed by atoms with Crippen LogP contribution in [0.5, 0.6) is 0 Å². The van der Waals surface area contributed by atoms with Gasteiger partial charge in [0.2, 0.25) is 0 Å². The first-order valence-corrected chi connectivity index (χ1v) is 10.7. The summed E-state index contributed by atoms with van der Waals surface area (Å²) in [7, 11) is 0. The van der Waals surface area contributed by atoms with Gasteiger partial charge < -0.3 is 4.90 Å². The second-order valence-corrected chi connectivity index (χ2v) is 7.94. The summed E-state index contributed by atoms with van der Waals surface area (Å²) in [4.78, 5) is 40.6. The standard InChI is InChI=1S/C24H25N3O4/c1-2-3-6-14-26-23(28)21(18-9-11-20(12-10-18)27(30)31)22(24(26)29)25-15-13-17-7-4-5-8-19(17)16-25/h4-5,7-12H,2-3,6,13-16H2,1H3. The highest BCUT2D eigenvalue weighted by Crippen LogP contribution is 2.35. The van der Waals surface area contributed by atoms with Crippen LogP contribution >= 0.6 is 0 Å². The van der Waals surface area contributed by atoms with Crippen molar-refractivity contribution in [2.45, 2.75) is 39.2 Å². The maximum Gasteiger partial charge on any atom is 0.277 e. The number of imide groups is 1. The quantitative estimate of drug-likeness (QED) is 0.294. The zero-order chi connectivity index (χ0) is 22.0. The van der Waals surface area contributed by atoms with Crippen LogP contribution in [-0.2, 0) is 22.6 Å². The molecule has 2 aromatic carbocycles. The minimum Gasteiger partial charge on any atom is -0.362 e. The van der Waals surface area contributed by atoms with Crippen molar-refractivity contribution in [2.75, 3.05) is 13.1 Å². The van der Waals surface area contributed by atoms with Gasteiger partial charge in [-0.3, -0.25) is 24.6 Å². The van der Waals surface area contributed by atoms with Gasteiger partial charge >= 0.3 is 0 Å². The van der Waals surface area contributed by atoms with Gasteiger partial charge in [0.15, 0.2) is 0 Å². The molecule has 7 heteroatoms. The minimum atomic E-state index is -0.473. The number of hydrogen-bond acceptors (Lipinski definition) is 5. The maximum absolute atomic E-state index is 13.4. The Labute approximate surface area is 181 Å². The predicted octanol–water partition coefficient (Wildman–Crippen LogP) is 3.92. The smallest absolute Gasteiger partial charge is 0.277 e. The van der Waals surface area contributed by atoms with Gasteiger partial charge in [0.05, 0.1) is 10.5 Å². The van der Waals surface area contributed by atoms with Crippen LogP contribution < -0.4 is 0 Å². The fourth-order valence-corrected chi connectivity index (χ4v) is 4.28. The molecule has 0 saturated carbocycles. The van der Waals surface area contributed by atoms with E-state index in [4.69, 9.17) is 0 Å². The number of amides is 2. The number of nitro groups is 1. The highest BCUT2D eigenvalue weighted by Gasteiger charge is 2.41. The molecule has 2 aromatic rings. The average molecular weight is 419 g/mol. The van der Waals surface area contributed by atoms with Crippen molar-refractivity contribution in [2.24, 2.45) is 0 Å². The van der Waals surface area contributed by atoms with Gasteiger partial charge in [-0.05, 0) is 41.7 Å². The average Bonchev–Trinajstić information content (AvgIpc) is 3.03. The van der Waals surface area contributed by atoms with Crippen molar-refractivity contribution in [3.8, 4) is 0 Å². The van der Waals surface area contributed by atoms with E-state index >= 15 is 0 Å². The highest BCUT2D eigenvalue weighted by molar-refractivity contribution is 6.35. The van der Waals surface area contributed by atoms with E-state index in [0.717, 1.165) is 31.2 Å². The Balaban J connectivity index is 1.73. The Morgan fingerprint density at radius 1 is 0.968 bits per heavy atom. The summed E-state index contributed by atoms with van der Waals surface area (Å²) < 4.78 is 0. The molecule has 2 aliphatic heterocycles. The molecule has 0 atom stereocenters. The highest BCUT2D eigenvalue weighted by atomic mass is 16.6. The summed E-state index contributed by atoms with van der Waals surface area (Å²) in [6, 6.07) is 14.0. The van der Waals surface area contributed by atoms with E-state index in [1.165, 1.54) is 22.6 Å². The van der Waals surface area contributed by atoms with Gasteiger partial charge in [0.1, 0.15) is 5.70 Å². The molecule has 0 aromatic heterocycles. The summed E-state index contributed by atoms with van der Waals surface area (Å²) >= 11 is 0. The lowest BCUT2D eigenvalue weighted by atomic mass is 9.98. The third-order valence-electron chi connectivity index (χ3n) is 5.94. The summed E-state index contributed by atoms with van der Waals surface area (Å²) in [5.41, 5.74) is 3.65. The van der Waals surface area contributed by atoms with E-state index in [-0.39, 0.29) is 17.5 Å². The molecule has 0 saturated heterocycles. The Hall–Kier alpha value is -3.48. The van der Waals surface area contributed by atoms with Crippen molar-refractivity contribution >= 4 is 23.1 Å². The minimum absolute atomic E-state index is 0.0469. The Morgan fingerprint density at radius 3 is 2.35 bits per heavy atom. The van der Waals surface area contributed by atoms with Crippen LogP contribution in [-0.4, -0.2) is 39.6 Å². The Bertz CT molecular complexity index is 1060. The Kier molecular flexibility index (Phi) is 5.84. The first-order chi connectivity index (χ1) is 15.0. The zero-order valence-electron chi connectivity index (χ0n) is 17.5. The van der Waals surface area contributed by atoms with Crippen molar-refractivity contribution in [3.05, 3.63) is 81.0 Å². The van der Waals surface area contributed by atoms with Crippen LogP contribution in [0.25, 0.3) is 5.57 Å². The third kappa shape index (κ3) is 3.95. The van der Waals surface area contributed by atoms with Crippen LogP contribution in [0.15, 0.2) is 54.2 Å². The molecule has 4 rings (SSSR count). The van der Waals surface area contributed by atoms with Crippen LogP contribution in [0.4, 0.5) is 5.69 Å². The van der Waals surface area contributed by atoms with E-state index in [1.807, 2.05) is 23.1 Å². The number of nitro benzene ring substituents is 1. The van der Waals surface area contributed by atoms with Crippen LogP contribution in [0.3, 0.4) is 0 Å². The third-order valence-corrected chi connectivity index (χ3v) is 5.94.